The zero-order chi connectivity index (χ0) is 24.2. The largest absolute Gasteiger partial charge is 0.335 e. The van der Waals surface area contributed by atoms with Crippen molar-refractivity contribution in [3.8, 4) is 28.5 Å². The Bertz CT molecular complexity index is 1460. The topological polar surface area (TPSA) is 125 Å². The maximum Gasteiger partial charge on any atom is 0.335 e. The number of hydrogen-bond donors (Lipinski definition) is 1. The number of aryl methyl sites for hydroxylation is 2. The number of nitrogens with one attached hydrogen (secondary N) is 1. The average molecular weight is 471 g/mol. The SMILES string of the molecule is CCCc1cn(-c2ncnn2CCC)c(=O)n1Cc1ccc(-c2ccccc2-c2nn[nH]n2)cn1. The molecule has 0 saturated carbocycles. The van der Waals surface area contributed by atoms with Gasteiger partial charge < -0.3 is 0 Å². The lowest BCUT2D eigenvalue weighted by Gasteiger charge is -2.09. The fourth-order valence-electron chi connectivity index (χ4n) is 4.15. The Morgan fingerprint density at radius 1 is 1.00 bits per heavy atom. The summed E-state index contributed by atoms with van der Waals surface area (Å²) in [5, 5.41) is 18.6. The highest BCUT2D eigenvalue weighted by molar-refractivity contribution is 5.79. The summed E-state index contributed by atoms with van der Waals surface area (Å²) in [6.07, 6.45) is 7.77. The molecule has 0 unspecified atom stereocenters. The van der Waals surface area contributed by atoms with Gasteiger partial charge in [-0.25, -0.2) is 14.0 Å². The molecule has 0 bridgehead atoms. The fraction of sp³-hybridized carbons (Fsp3) is 0.292. The maximum atomic E-state index is 13.4. The van der Waals surface area contributed by atoms with Gasteiger partial charge in [-0.1, -0.05) is 50.6 Å². The number of benzene rings is 1. The number of aromatic nitrogens is 10. The Balaban J connectivity index is 1.46. The van der Waals surface area contributed by atoms with Crippen LogP contribution in [-0.2, 0) is 19.5 Å². The number of rotatable bonds is 9. The number of hydrogen-bond acceptors (Lipinski definition) is 7. The fourth-order valence-corrected chi connectivity index (χ4v) is 4.15. The third kappa shape index (κ3) is 4.39. The Labute approximate surface area is 201 Å². The van der Waals surface area contributed by atoms with E-state index in [1.54, 1.807) is 13.8 Å². The summed E-state index contributed by atoms with van der Waals surface area (Å²) < 4.78 is 5.11. The van der Waals surface area contributed by atoms with Gasteiger partial charge in [0, 0.05) is 35.8 Å². The molecule has 0 atom stereocenters. The Morgan fingerprint density at radius 3 is 2.57 bits per heavy atom. The highest BCUT2D eigenvalue weighted by atomic mass is 16.2. The minimum atomic E-state index is -0.146. The minimum absolute atomic E-state index is 0.146. The molecule has 5 rings (SSSR count). The first kappa shape index (κ1) is 22.4. The summed E-state index contributed by atoms with van der Waals surface area (Å²) in [4.78, 5) is 22.4. The summed E-state index contributed by atoms with van der Waals surface area (Å²) in [7, 11) is 0. The van der Waals surface area contributed by atoms with Crippen LogP contribution in [0, 0.1) is 0 Å². The Morgan fingerprint density at radius 2 is 1.86 bits per heavy atom. The lowest BCUT2D eigenvalue weighted by atomic mass is 10.0. The van der Waals surface area contributed by atoms with Crippen molar-refractivity contribution in [3.05, 3.63) is 77.0 Å². The van der Waals surface area contributed by atoms with E-state index in [0.29, 0.717) is 24.9 Å². The van der Waals surface area contributed by atoms with Gasteiger partial charge in [0.2, 0.25) is 11.8 Å². The first-order valence-electron chi connectivity index (χ1n) is 11.7. The number of aromatic amines is 1. The first-order chi connectivity index (χ1) is 17.2. The number of H-pyrrole nitrogens is 1. The molecule has 0 fully saturated rings. The second-order valence-electron chi connectivity index (χ2n) is 8.21. The summed E-state index contributed by atoms with van der Waals surface area (Å²) in [6.45, 7) is 5.23. The number of nitrogens with zero attached hydrogens (tertiary/aromatic N) is 9. The molecule has 0 radical (unpaired) electrons. The van der Waals surface area contributed by atoms with Crippen LogP contribution in [0.2, 0.25) is 0 Å². The van der Waals surface area contributed by atoms with Gasteiger partial charge in [0.25, 0.3) is 0 Å². The molecule has 4 aromatic heterocycles. The van der Waals surface area contributed by atoms with Crippen LogP contribution in [0.3, 0.4) is 0 Å². The van der Waals surface area contributed by atoms with E-state index in [4.69, 9.17) is 0 Å². The van der Waals surface area contributed by atoms with E-state index in [2.05, 4.69) is 49.5 Å². The predicted octanol–water partition coefficient (Wildman–Crippen LogP) is 2.88. The van der Waals surface area contributed by atoms with Gasteiger partial charge in [-0.3, -0.25) is 9.55 Å². The van der Waals surface area contributed by atoms with Crippen molar-refractivity contribution < 1.29 is 0 Å². The molecule has 5 aromatic rings. The number of pyridine rings is 1. The van der Waals surface area contributed by atoms with Crippen LogP contribution in [0.1, 0.15) is 38.1 Å². The molecule has 1 N–H and O–H groups in total. The van der Waals surface area contributed by atoms with Crippen molar-refractivity contribution in [1.29, 1.82) is 0 Å². The lowest BCUT2D eigenvalue weighted by molar-refractivity contribution is 0.577. The minimum Gasteiger partial charge on any atom is -0.290 e. The van der Waals surface area contributed by atoms with Gasteiger partial charge >= 0.3 is 5.69 Å². The highest BCUT2D eigenvalue weighted by Gasteiger charge is 2.17. The molecule has 4 heterocycles. The normalized spacial score (nSPS) is 11.3. The van der Waals surface area contributed by atoms with Crippen LogP contribution in [0.4, 0.5) is 0 Å². The molecule has 0 saturated heterocycles. The van der Waals surface area contributed by atoms with Crippen molar-refractivity contribution in [2.75, 3.05) is 0 Å². The van der Waals surface area contributed by atoms with E-state index in [9.17, 15) is 4.79 Å². The summed E-state index contributed by atoms with van der Waals surface area (Å²) in [5.41, 5.74) is 4.34. The monoisotopic (exact) mass is 470 g/mol. The zero-order valence-corrected chi connectivity index (χ0v) is 19.7. The van der Waals surface area contributed by atoms with Crippen LogP contribution in [0.25, 0.3) is 28.5 Å². The van der Waals surface area contributed by atoms with Gasteiger partial charge in [0.1, 0.15) is 6.33 Å². The third-order valence-electron chi connectivity index (χ3n) is 5.78. The Kier molecular flexibility index (Phi) is 6.29. The van der Waals surface area contributed by atoms with E-state index < -0.39 is 0 Å². The molecule has 178 valence electrons. The molecule has 0 amide bonds. The van der Waals surface area contributed by atoms with Crippen molar-refractivity contribution in [2.45, 2.75) is 46.2 Å². The second kappa shape index (κ2) is 9.84. The van der Waals surface area contributed by atoms with Crippen LogP contribution in [0.15, 0.2) is 59.9 Å². The molecule has 35 heavy (non-hydrogen) atoms. The summed E-state index contributed by atoms with van der Waals surface area (Å²) >= 11 is 0. The molecule has 0 aliphatic carbocycles. The van der Waals surface area contributed by atoms with Crippen molar-refractivity contribution in [3.63, 3.8) is 0 Å². The molecular weight excluding hydrogens is 444 g/mol. The molecule has 0 aliphatic rings. The Hall–Kier alpha value is -4.41. The molecule has 1 aromatic carbocycles. The smallest absolute Gasteiger partial charge is 0.290 e. The van der Waals surface area contributed by atoms with Gasteiger partial charge in [0.05, 0.1) is 12.2 Å². The van der Waals surface area contributed by atoms with Crippen LogP contribution in [0.5, 0.6) is 0 Å². The summed E-state index contributed by atoms with van der Waals surface area (Å²) in [5.74, 6) is 1.06. The van der Waals surface area contributed by atoms with Gasteiger partial charge in [-0.2, -0.15) is 15.3 Å². The lowest BCUT2D eigenvalue weighted by Crippen LogP contribution is -2.27. The van der Waals surface area contributed by atoms with Gasteiger partial charge in [-0.05, 0) is 29.7 Å². The average Bonchev–Trinajstić information content (AvgIpc) is 3.63. The zero-order valence-electron chi connectivity index (χ0n) is 19.7. The van der Waals surface area contributed by atoms with Crippen molar-refractivity contribution in [2.24, 2.45) is 0 Å². The molecule has 11 nitrogen and oxygen atoms in total. The standard InChI is InChI=1S/C24H26N10O/c1-3-7-19-15-33(23-26-16-27-34(23)12-4-2)24(35)32(19)14-18-11-10-17(13-25-18)20-8-5-6-9-21(20)22-28-30-31-29-22/h5-6,8-11,13,15-16H,3-4,7,12,14H2,1-2H3,(H,28,29,30,31). The van der Waals surface area contributed by atoms with Gasteiger partial charge in [-0.15, -0.1) is 10.2 Å². The second-order valence-corrected chi connectivity index (χ2v) is 8.21. The molecule has 0 spiro atoms. The number of imidazole rings is 1. The first-order valence-corrected chi connectivity index (χ1v) is 11.7. The predicted molar refractivity (Wildman–Crippen MR) is 130 cm³/mol. The molecular formula is C24H26N10O. The highest BCUT2D eigenvalue weighted by Crippen LogP contribution is 2.29. The van der Waals surface area contributed by atoms with Gasteiger partial charge in [0.15, 0.2) is 0 Å². The molecule has 11 heteroatoms. The number of tetrazole rings is 1. The van der Waals surface area contributed by atoms with E-state index in [1.165, 1.54) is 6.33 Å². The third-order valence-corrected chi connectivity index (χ3v) is 5.78. The maximum absolute atomic E-state index is 13.4. The van der Waals surface area contributed by atoms with E-state index in [1.807, 2.05) is 48.8 Å². The van der Waals surface area contributed by atoms with Crippen LogP contribution < -0.4 is 5.69 Å². The van der Waals surface area contributed by atoms with Crippen molar-refractivity contribution >= 4 is 0 Å². The van der Waals surface area contributed by atoms with Crippen molar-refractivity contribution in [1.82, 2.24) is 49.5 Å². The quantitative estimate of drug-likeness (QED) is 0.351. The summed E-state index contributed by atoms with van der Waals surface area (Å²) in [6, 6.07) is 11.8. The van der Waals surface area contributed by atoms with Crippen LogP contribution in [-0.4, -0.2) is 49.5 Å². The van der Waals surface area contributed by atoms with Crippen LogP contribution >= 0.6 is 0 Å². The van der Waals surface area contributed by atoms with E-state index in [-0.39, 0.29) is 5.69 Å². The van der Waals surface area contributed by atoms with E-state index in [0.717, 1.165) is 47.3 Å². The molecule has 0 aliphatic heterocycles. The van der Waals surface area contributed by atoms with E-state index >= 15 is 0 Å².